The third-order valence-corrected chi connectivity index (χ3v) is 2.55. The molecule has 0 aromatic carbocycles. The van der Waals surface area contributed by atoms with Crippen molar-refractivity contribution in [1.82, 2.24) is 10.6 Å². The molecule has 0 aliphatic rings. The molecule has 0 fully saturated rings. The molecule has 22 heavy (non-hydrogen) atoms. The fourth-order valence-corrected chi connectivity index (χ4v) is 1.30. The second-order valence-electron chi connectivity index (χ2n) is 4.54. The molecule has 0 aromatic rings. The number of hydrogen-bond donors (Lipinski definition) is 2. The molecular formula is C13H24N2O7. The Kier molecular flexibility index (Phi) is 9.31. The average molecular weight is 320 g/mol. The number of ether oxygens (including phenoxy) is 3. The first-order chi connectivity index (χ1) is 10.3. The molecule has 0 rings (SSSR count). The monoisotopic (exact) mass is 320 g/mol. The molecule has 0 spiro atoms. The van der Waals surface area contributed by atoms with E-state index in [-0.39, 0.29) is 26.3 Å². The zero-order chi connectivity index (χ0) is 17.1. The third-order valence-electron chi connectivity index (χ3n) is 2.55. The van der Waals surface area contributed by atoms with Crippen molar-refractivity contribution in [3.05, 3.63) is 0 Å². The zero-order valence-electron chi connectivity index (χ0n) is 13.1. The molecule has 0 aliphatic carbocycles. The van der Waals surface area contributed by atoms with Crippen molar-refractivity contribution in [1.29, 1.82) is 0 Å². The summed E-state index contributed by atoms with van der Waals surface area (Å²) in [5.41, 5.74) is 0. The van der Waals surface area contributed by atoms with Crippen molar-refractivity contribution >= 4 is 23.9 Å². The van der Waals surface area contributed by atoms with Gasteiger partial charge in [-0.3, -0.25) is 9.59 Å². The highest BCUT2D eigenvalue weighted by atomic mass is 16.7. The quantitative estimate of drug-likeness (QED) is 0.596. The SMILES string of the molecule is CNC(=O)CC(C)OC(=O)OCC(=O)OCC(C)C(=O)NC.[HH]. The fraction of sp³-hybridized carbons (Fsp3) is 0.692. The lowest BCUT2D eigenvalue weighted by Crippen LogP contribution is -2.30. The zero-order valence-corrected chi connectivity index (χ0v) is 13.1. The smallest absolute Gasteiger partial charge is 0.462 e. The normalized spacial score (nSPS) is 12.5. The topological polar surface area (TPSA) is 120 Å². The van der Waals surface area contributed by atoms with E-state index in [4.69, 9.17) is 9.47 Å². The second kappa shape index (κ2) is 10.4. The van der Waals surface area contributed by atoms with E-state index in [1.165, 1.54) is 21.0 Å². The molecule has 9 nitrogen and oxygen atoms in total. The number of esters is 1. The summed E-state index contributed by atoms with van der Waals surface area (Å²) < 4.78 is 14.1. The Balaban J connectivity index is 0. The number of hydrogen-bond acceptors (Lipinski definition) is 7. The largest absolute Gasteiger partial charge is 0.509 e. The molecule has 2 unspecified atom stereocenters. The van der Waals surface area contributed by atoms with Crippen molar-refractivity contribution in [3.8, 4) is 0 Å². The highest BCUT2D eigenvalue weighted by molar-refractivity contribution is 5.79. The summed E-state index contributed by atoms with van der Waals surface area (Å²) in [6, 6.07) is 0. The van der Waals surface area contributed by atoms with Gasteiger partial charge in [0.15, 0.2) is 6.61 Å². The van der Waals surface area contributed by atoms with E-state index in [0.717, 1.165) is 0 Å². The Labute approximate surface area is 130 Å². The highest BCUT2D eigenvalue weighted by Crippen LogP contribution is 2.01. The van der Waals surface area contributed by atoms with Gasteiger partial charge in [-0.05, 0) is 6.92 Å². The lowest BCUT2D eigenvalue weighted by Gasteiger charge is -2.13. The number of carbonyl (C=O) groups is 4. The molecule has 0 radical (unpaired) electrons. The first-order valence-electron chi connectivity index (χ1n) is 6.71. The van der Waals surface area contributed by atoms with Gasteiger partial charge in [-0.15, -0.1) is 0 Å². The maximum Gasteiger partial charge on any atom is 0.509 e. The lowest BCUT2D eigenvalue weighted by atomic mass is 10.2. The van der Waals surface area contributed by atoms with Crippen LogP contribution in [0.5, 0.6) is 0 Å². The van der Waals surface area contributed by atoms with Gasteiger partial charge in [-0.25, -0.2) is 9.59 Å². The predicted octanol–water partition coefficient (Wildman–Crippen LogP) is -0.164. The minimum Gasteiger partial charge on any atom is -0.462 e. The van der Waals surface area contributed by atoms with Gasteiger partial charge in [0.2, 0.25) is 11.8 Å². The molecule has 128 valence electrons. The highest BCUT2D eigenvalue weighted by Gasteiger charge is 2.17. The van der Waals surface area contributed by atoms with Crippen molar-refractivity contribution in [3.63, 3.8) is 0 Å². The van der Waals surface area contributed by atoms with Crippen molar-refractivity contribution < 1.29 is 34.8 Å². The van der Waals surface area contributed by atoms with Gasteiger partial charge in [0, 0.05) is 15.5 Å². The molecule has 0 saturated heterocycles. The van der Waals surface area contributed by atoms with Crippen LogP contribution in [-0.2, 0) is 28.6 Å². The average Bonchev–Trinajstić information content (AvgIpc) is 2.49. The van der Waals surface area contributed by atoms with E-state index in [0.29, 0.717) is 0 Å². The van der Waals surface area contributed by atoms with Crippen LogP contribution in [0.15, 0.2) is 0 Å². The number of rotatable bonds is 8. The summed E-state index contributed by atoms with van der Waals surface area (Å²) in [7, 11) is 2.93. The molecular weight excluding hydrogens is 296 g/mol. The predicted molar refractivity (Wildman–Crippen MR) is 76.9 cm³/mol. The minimum atomic E-state index is -1.08. The number of nitrogens with one attached hydrogen (secondary N) is 2. The summed E-state index contributed by atoms with van der Waals surface area (Å²) in [6.45, 7) is 2.34. The molecule has 0 saturated carbocycles. The van der Waals surface area contributed by atoms with Crippen LogP contribution in [0.4, 0.5) is 4.79 Å². The van der Waals surface area contributed by atoms with Gasteiger partial charge in [0.25, 0.3) is 0 Å². The van der Waals surface area contributed by atoms with Crippen LogP contribution >= 0.6 is 0 Å². The van der Waals surface area contributed by atoms with Crippen LogP contribution in [0.25, 0.3) is 0 Å². The van der Waals surface area contributed by atoms with Crippen LogP contribution in [0.2, 0.25) is 0 Å². The lowest BCUT2D eigenvalue weighted by molar-refractivity contribution is -0.150. The third kappa shape index (κ3) is 8.77. The van der Waals surface area contributed by atoms with Crippen molar-refractivity contribution in [2.75, 3.05) is 27.3 Å². The van der Waals surface area contributed by atoms with Gasteiger partial charge in [0.05, 0.1) is 12.3 Å². The molecule has 0 bridgehead atoms. The molecule has 9 heteroatoms. The van der Waals surface area contributed by atoms with E-state index < -0.39 is 30.8 Å². The molecule has 2 N–H and O–H groups in total. The minimum absolute atomic E-state index is 0. The van der Waals surface area contributed by atoms with Gasteiger partial charge in [-0.1, -0.05) is 6.92 Å². The molecule has 2 atom stereocenters. The molecule has 0 aliphatic heterocycles. The maximum absolute atomic E-state index is 11.3. The van der Waals surface area contributed by atoms with E-state index in [9.17, 15) is 19.2 Å². The second-order valence-corrected chi connectivity index (χ2v) is 4.54. The standard InChI is InChI=1S/C13H22N2O7.H2/c1-8(12(18)15-4)6-20-11(17)7-21-13(19)22-9(2)5-10(16)14-3;/h8-9H,5-7H2,1-4H3,(H,14,16)(H,15,18);1H. The Bertz CT molecular complexity index is 417. The molecule has 0 aromatic heterocycles. The summed E-state index contributed by atoms with van der Waals surface area (Å²) in [5, 5.41) is 4.80. The summed E-state index contributed by atoms with van der Waals surface area (Å²) >= 11 is 0. The van der Waals surface area contributed by atoms with Gasteiger partial charge in [-0.2, -0.15) is 0 Å². The van der Waals surface area contributed by atoms with E-state index in [1.54, 1.807) is 6.92 Å². The van der Waals surface area contributed by atoms with E-state index >= 15 is 0 Å². The Morgan fingerprint density at radius 3 is 2.23 bits per heavy atom. The van der Waals surface area contributed by atoms with Crippen LogP contribution in [0.1, 0.15) is 21.7 Å². The fourth-order valence-electron chi connectivity index (χ4n) is 1.30. The summed E-state index contributed by atoms with van der Waals surface area (Å²) in [5.74, 6) is -1.86. The van der Waals surface area contributed by atoms with Gasteiger partial charge in [0.1, 0.15) is 12.7 Å². The molecule has 0 heterocycles. The Hall–Kier alpha value is -2.32. The van der Waals surface area contributed by atoms with Gasteiger partial charge < -0.3 is 24.8 Å². The number of carbonyl (C=O) groups excluding carboxylic acids is 4. The van der Waals surface area contributed by atoms with Crippen LogP contribution in [-0.4, -0.2) is 57.4 Å². The van der Waals surface area contributed by atoms with E-state index in [1.807, 2.05) is 0 Å². The van der Waals surface area contributed by atoms with Crippen LogP contribution < -0.4 is 10.6 Å². The van der Waals surface area contributed by atoms with Gasteiger partial charge >= 0.3 is 12.1 Å². The van der Waals surface area contributed by atoms with Crippen molar-refractivity contribution in [2.24, 2.45) is 5.92 Å². The Morgan fingerprint density at radius 2 is 1.68 bits per heavy atom. The van der Waals surface area contributed by atoms with Crippen LogP contribution in [0, 0.1) is 5.92 Å². The number of amides is 2. The first-order valence-corrected chi connectivity index (χ1v) is 6.71. The molecule has 2 amide bonds. The Morgan fingerprint density at radius 1 is 1.05 bits per heavy atom. The summed E-state index contributed by atoms with van der Waals surface area (Å²) in [4.78, 5) is 44.8. The van der Waals surface area contributed by atoms with Crippen molar-refractivity contribution in [2.45, 2.75) is 26.4 Å². The summed E-state index contributed by atoms with van der Waals surface area (Å²) in [6.07, 6.45) is -1.77. The maximum atomic E-state index is 11.3. The first kappa shape index (κ1) is 19.7. The van der Waals surface area contributed by atoms with Crippen LogP contribution in [0.3, 0.4) is 0 Å². The van der Waals surface area contributed by atoms with E-state index in [2.05, 4.69) is 15.4 Å².